The van der Waals surface area contributed by atoms with E-state index in [0.29, 0.717) is 11.8 Å². The number of hydrogen-bond donors (Lipinski definition) is 0. The Bertz CT molecular complexity index is 3270. The number of rotatable bonds is 5. The summed E-state index contributed by atoms with van der Waals surface area (Å²) in [7, 11) is 0. The van der Waals surface area contributed by atoms with Crippen LogP contribution in [0.15, 0.2) is 199 Å². The average Bonchev–Trinajstić information content (AvgIpc) is 3.70. The predicted molar refractivity (Wildman–Crippen MR) is 273 cm³/mol. The summed E-state index contributed by atoms with van der Waals surface area (Å²) in [5.41, 5.74) is 29.1. The Morgan fingerprint density at radius 2 is 1.32 bits per heavy atom. The van der Waals surface area contributed by atoms with E-state index in [0.717, 1.165) is 32.1 Å². The molecule has 1 heteroatoms. The van der Waals surface area contributed by atoms with E-state index >= 15 is 0 Å². The van der Waals surface area contributed by atoms with Crippen LogP contribution in [0.5, 0.6) is 0 Å². The highest BCUT2D eigenvalue weighted by Crippen LogP contribution is 2.52. The summed E-state index contributed by atoms with van der Waals surface area (Å²) in [4.78, 5) is 2.52. The maximum absolute atomic E-state index is 2.52. The second-order valence-corrected chi connectivity index (χ2v) is 19.8. The Kier molecular flexibility index (Phi) is 8.92. The van der Waals surface area contributed by atoms with E-state index in [2.05, 4.69) is 207 Å². The van der Waals surface area contributed by atoms with Crippen LogP contribution < -0.4 is 4.90 Å². The minimum atomic E-state index is -0.0804. The molecule has 7 aromatic rings. The van der Waals surface area contributed by atoms with Gasteiger partial charge in [0.05, 0.1) is 0 Å². The minimum Gasteiger partial charge on any atom is -0.311 e. The molecule has 0 heterocycles. The normalized spacial score (nSPS) is 19.1. The van der Waals surface area contributed by atoms with Crippen LogP contribution >= 0.6 is 0 Å². The molecule has 0 spiro atoms. The first-order valence-corrected chi connectivity index (χ1v) is 24.0. The third kappa shape index (κ3) is 6.19. The van der Waals surface area contributed by atoms with Crippen molar-refractivity contribution >= 4 is 16.9 Å². The second kappa shape index (κ2) is 15.1. The molecule has 0 radical (unpaired) electrons. The molecular formula is C64H53N. The molecule has 0 saturated carbocycles. The van der Waals surface area contributed by atoms with Crippen molar-refractivity contribution in [3.05, 3.63) is 244 Å². The molecule has 13 rings (SSSR count). The van der Waals surface area contributed by atoms with E-state index in [4.69, 9.17) is 0 Å². The molecule has 1 nitrogen and oxygen atoms in total. The molecule has 2 atom stereocenters. The fourth-order valence-electron chi connectivity index (χ4n) is 12.6. The van der Waals surface area contributed by atoms with Crippen LogP contribution in [-0.2, 0) is 24.7 Å². The van der Waals surface area contributed by atoms with Gasteiger partial charge in [0, 0.05) is 28.4 Å². The summed E-state index contributed by atoms with van der Waals surface area (Å²) in [5.74, 6) is 0.976. The van der Waals surface area contributed by atoms with E-state index in [-0.39, 0.29) is 5.41 Å². The summed E-state index contributed by atoms with van der Waals surface area (Å²) >= 11 is 0. The Hall–Kier alpha value is -6.96. The van der Waals surface area contributed by atoms with Gasteiger partial charge in [-0.15, -0.1) is 0 Å². The van der Waals surface area contributed by atoms with Gasteiger partial charge < -0.3 is 4.90 Å². The van der Waals surface area contributed by atoms with Crippen molar-refractivity contribution in [2.75, 3.05) is 4.90 Å². The molecule has 0 aromatic heterocycles. The lowest BCUT2D eigenvalue weighted by molar-refractivity contribution is 0.523. The monoisotopic (exact) mass is 835 g/mol. The van der Waals surface area contributed by atoms with Crippen molar-refractivity contribution in [3.63, 3.8) is 0 Å². The van der Waals surface area contributed by atoms with E-state index in [1.54, 1.807) is 11.1 Å². The molecule has 0 aliphatic heterocycles. The smallest absolute Gasteiger partial charge is 0.0464 e. The Labute approximate surface area is 384 Å². The van der Waals surface area contributed by atoms with Gasteiger partial charge in [-0.3, -0.25) is 0 Å². The topological polar surface area (TPSA) is 3.24 Å². The first kappa shape index (κ1) is 38.5. The molecule has 7 aromatic carbocycles. The SMILES string of the molecule is CC1(C)c2ccccc2-c2ccc(N(C3=CCC(c4ccccc4)C=C3)c3ccc4c(c3)Cc3cc(-c5cccc6c5-c5cccc7c5CC(CCC6)C5=C7C=CC=CC5)ccc3-4)cc21. The van der Waals surface area contributed by atoms with Crippen LogP contribution in [0, 0.1) is 5.92 Å². The lowest BCUT2D eigenvalue weighted by Crippen LogP contribution is -2.19. The van der Waals surface area contributed by atoms with Gasteiger partial charge in [-0.05, 0) is 176 Å². The van der Waals surface area contributed by atoms with Gasteiger partial charge in [0.25, 0.3) is 0 Å². The van der Waals surface area contributed by atoms with Gasteiger partial charge in [0.1, 0.15) is 0 Å². The number of allylic oxidation sites excluding steroid dienone is 9. The average molecular weight is 836 g/mol. The first-order valence-electron chi connectivity index (χ1n) is 24.0. The van der Waals surface area contributed by atoms with Crippen LogP contribution in [0.1, 0.15) is 90.0 Å². The second-order valence-electron chi connectivity index (χ2n) is 19.8. The number of aryl methyl sites for hydroxylation is 1. The molecule has 0 fully saturated rings. The lowest BCUT2D eigenvalue weighted by atomic mass is 9.74. The molecule has 0 amide bonds. The van der Waals surface area contributed by atoms with Crippen molar-refractivity contribution in [2.24, 2.45) is 5.92 Å². The summed E-state index contributed by atoms with van der Waals surface area (Å²) in [6.07, 6.45) is 24.1. The lowest BCUT2D eigenvalue weighted by Gasteiger charge is -2.31. The van der Waals surface area contributed by atoms with Gasteiger partial charge in [-0.1, -0.05) is 177 Å². The molecule has 6 aliphatic rings. The van der Waals surface area contributed by atoms with E-state index < -0.39 is 0 Å². The number of fused-ring (bicyclic) bond motifs is 11. The van der Waals surface area contributed by atoms with Crippen molar-refractivity contribution in [3.8, 4) is 44.5 Å². The van der Waals surface area contributed by atoms with Crippen LogP contribution in [0.4, 0.5) is 11.4 Å². The van der Waals surface area contributed by atoms with Crippen molar-refractivity contribution < 1.29 is 0 Å². The van der Waals surface area contributed by atoms with Gasteiger partial charge in [-0.2, -0.15) is 0 Å². The Morgan fingerprint density at radius 1 is 0.585 bits per heavy atom. The third-order valence-electron chi connectivity index (χ3n) is 15.8. The largest absolute Gasteiger partial charge is 0.311 e. The number of nitrogens with zero attached hydrogens (tertiary/aromatic N) is 1. The molecule has 2 bridgehead atoms. The molecule has 0 N–H and O–H groups in total. The quantitative estimate of drug-likeness (QED) is 0.167. The molecule has 314 valence electrons. The van der Waals surface area contributed by atoms with Gasteiger partial charge in [0.15, 0.2) is 0 Å². The molecule has 65 heavy (non-hydrogen) atoms. The van der Waals surface area contributed by atoms with E-state index in [1.807, 2.05) is 0 Å². The van der Waals surface area contributed by atoms with Crippen molar-refractivity contribution in [1.82, 2.24) is 0 Å². The Balaban J connectivity index is 0.877. The zero-order valence-corrected chi connectivity index (χ0v) is 37.4. The highest BCUT2D eigenvalue weighted by Gasteiger charge is 2.36. The van der Waals surface area contributed by atoms with E-state index in [9.17, 15) is 0 Å². The summed E-state index contributed by atoms with van der Waals surface area (Å²) in [6, 6.07) is 55.9. The van der Waals surface area contributed by atoms with Crippen LogP contribution in [0.3, 0.4) is 0 Å². The summed E-state index contributed by atoms with van der Waals surface area (Å²) < 4.78 is 0. The third-order valence-corrected chi connectivity index (χ3v) is 15.8. The maximum atomic E-state index is 2.52. The van der Waals surface area contributed by atoms with Gasteiger partial charge in [-0.25, -0.2) is 0 Å². The molecule has 2 unspecified atom stereocenters. The summed E-state index contributed by atoms with van der Waals surface area (Å²) in [5, 5.41) is 0. The Morgan fingerprint density at radius 3 is 2.20 bits per heavy atom. The zero-order chi connectivity index (χ0) is 43.2. The van der Waals surface area contributed by atoms with Gasteiger partial charge >= 0.3 is 0 Å². The first-order chi connectivity index (χ1) is 32.0. The van der Waals surface area contributed by atoms with Crippen molar-refractivity contribution in [2.45, 2.75) is 70.1 Å². The minimum absolute atomic E-state index is 0.0804. The summed E-state index contributed by atoms with van der Waals surface area (Å²) in [6.45, 7) is 4.77. The van der Waals surface area contributed by atoms with Gasteiger partial charge in [0.2, 0.25) is 0 Å². The highest BCUT2D eigenvalue weighted by atomic mass is 15.1. The maximum Gasteiger partial charge on any atom is 0.0464 e. The molecular weight excluding hydrogens is 783 g/mol. The highest BCUT2D eigenvalue weighted by molar-refractivity contribution is 5.93. The fraction of sp³-hybridized carbons (Fsp3) is 0.188. The van der Waals surface area contributed by atoms with Crippen LogP contribution in [0.25, 0.3) is 50.1 Å². The number of hydrogen-bond acceptors (Lipinski definition) is 1. The van der Waals surface area contributed by atoms with E-state index in [1.165, 1.54) is 119 Å². The number of anilines is 2. The molecule has 6 aliphatic carbocycles. The standard InChI is InChI=1S/C64H53N/c1-64(2)61-25-10-9-21-57(61)58-35-32-50(40-62(58)64)65(48-29-26-42(27-30-48)41-14-5-3-6-15-41)49-31-34-53-47(38-49)37-46-36-45(28-33-52(46)53)54-22-12-17-43-16-11-18-44-39-60-56(23-13-24-59(60)63(43)54)55-20-8-4-7-19-51(44)55/h3-10,12-15,17,20-26,28-36,38,40,42,44H,11,16,18-19,27,37,39H2,1-2H3. The molecule has 0 saturated heterocycles. The van der Waals surface area contributed by atoms with Crippen LogP contribution in [0.2, 0.25) is 0 Å². The fourth-order valence-corrected chi connectivity index (χ4v) is 12.6. The van der Waals surface area contributed by atoms with Crippen molar-refractivity contribution in [1.29, 1.82) is 0 Å². The zero-order valence-electron chi connectivity index (χ0n) is 37.4. The predicted octanol–water partition coefficient (Wildman–Crippen LogP) is 16.4. The number of benzene rings is 7. The van der Waals surface area contributed by atoms with Crippen LogP contribution in [-0.4, -0.2) is 0 Å².